The first-order valence-corrected chi connectivity index (χ1v) is 5.23. The Bertz CT molecular complexity index is 385. The van der Waals surface area contributed by atoms with E-state index in [-0.39, 0.29) is 37.7 Å². The molecule has 0 N–H and O–H groups in total. The predicted molar refractivity (Wildman–Crippen MR) is 29.3 cm³/mol. The van der Waals surface area contributed by atoms with Crippen molar-refractivity contribution in [1.29, 1.82) is 0 Å². The molecule has 0 fully saturated rings. The summed E-state index contributed by atoms with van der Waals surface area (Å²) < 4.78 is 105. The van der Waals surface area contributed by atoms with E-state index >= 15 is 0 Å². The standard InChI is InChI=1S/C2H2F4O6S2.2Li/c3-1(4,13(7,8)9)2(5,6)14(10,11)12;;/h(H,7,8,9)(H,10,11,12);;/q;2*+1/p-2. The third kappa shape index (κ3) is 3.61. The summed E-state index contributed by atoms with van der Waals surface area (Å²) in [5, 5.41) is -13.0. The van der Waals surface area contributed by atoms with Gasteiger partial charge in [0.25, 0.3) is 0 Å². The van der Waals surface area contributed by atoms with Gasteiger partial charge in [-0.1, -0.05) is 0 Å². The van der Waals surface area contributed by atoms with Gasteiger partial charge >= 0.3 is 48.2 Å². The number of hydrogen-bond donors (Lipinski definition) is 0. The van der Waals surface area contributed by atoms with E-state index in [2.05, 4.69) is 0 Å². The van der Waals surface area contributed by atoms with E-state index < -0.39 is 30.7 Å². The fourth-order valence-corrected chi connectivity index (χ4v) is 1.49. The Morgan fingerprint density at radius 1 is 0.688 bits per heavy atom. The Balaban J connectivity index is -0.000000845. The van der Waals surface area contributed by atoms with Crippen LogP contribution in [0.1, 0.15) is 0 Å². The third-order valence-corrected chi connectivity index (χ3v) is 2.86. The SMILES string of the molecule is O=S(=O)([O-])C(F)(F)C(F)(F)S(=O)(=O)[O-].[Li+].[Li+]. The second-order valence-corrected chi connectivity index (χ2v) is 4.78. The van der Waals surface area contributed by atoms with Crippen molar-refractivity contribution < 1.29 is 81.2 Å². The molecule has 0 rings (SSSR count). The van der Waals surface area contributed by atoms with E-state index in [9.17, 15) is 43.5 Å². The van der Waals surface area contributed by atoms with Crippen LogP contribution in [0.15, 0.2) is 0 Å². The number of rotatable bonds is 3. The van der Waals surface area contributed by atoms with Gasteiger partial charge in [0.05, 0.1) is 0 Å². The molecule has 0 aromatic carbocycles. The van der Waals surface area contributed by atoms with Crippen LogP contribution in [0.3, 0.4) is 0 Å². The second kappa shape index (κ2) is 5.58. The molecule has 0 spiro atoms. The summed E-state index contributed by atoms with van der Waals surface area (Å²) >= 11 is 0. The first-order chi connectivity index (χ1) is 5.75. The molecule has 0 aromatic heterocycles. The summed E-state index contributed by atoms with van der Waals surface area (Å²) in [5.74, 6) is 0. The first-order valence-electron chi connectivity index (χ1n) is 2.41. The summed E-state index contributed by atoms with van der Waals surface area (Å²) in [7, 11) is -13.9. The molecule has 0 saturated carbocycles. The number of alkyl halides is 4. The molecule has 0 aliphatic heterocycles. The summed E-state index contributed by atoms with van der Waals surface area (Å²) in [5.41, 5.74) is 0. The summed E-state index contributed by atoms with van der Waals surface area (Å²) in [6, 6.07) is 0. The Kier molecular flexibility index (Phi) is 7.66. The van der Waals surface area contributed by atoms with Crippen LogP contribution in [0.2, 0.25) is 0 Å². The quantitative estimate of drug-likeness (QED) is 0.287. The molecular weight excluding hydrogens is 274 g/mol. The minimum atomic E-state index is -6.96. The van der Waals surface area contributed by atoms with Crippen molar-refractivity contribution in [2.24, 2.45) is 0 Å². The smallest absolute Gasteiger partial charge is 0.743 e. The zero-order valence-electron chi connectivity index (χ0n) is 7.78. The Hall–Kier alpha value is 0.735. The minimum absolute atomic E-state index is 0. The molecule has 16 heavy (non-hydrogen) atoms. The maximum atomic E-state index is 12.0. The minimum Gasteiger partial charge on any atom is -0.743 e. The van der Waals surface area contributed by atoms with Crippen molar-refractivity contribution in [2.45, 2.75) is 10.5 Å². The van der Waals surface area contributed by atoms with Crippen LogP contribution in [0, 0.1) is 0 Å². The van der Waals surface area contributed by atoms with E-state index in [0.29, 0.717) is 0 Å². The third-order valence-electron chi connectivity index (χ3n) is 0.967. The number of halogens is 4. The van der Waals surface area contributed by atoms with Gasteiger partial charge in [0.2, 0.25) is 0 Å². The molecule has 0 heterocycles. The monoisotopic (exact) mass is 274 g/mol. The maximum Gasteiger partial charge on any atom is 1.00 e. The van der Waals surface area contributed by atoms with Crippen LogP contribution >= 0.6 is 0 Å². The normalized spacial score (nSPS) is 13.6. The van der Waals surface area contributed by atoms with Crippen molar-refractivity contribution in [3.8, 4) is 0 Å². The molecule has 0 aromatic rings. The van der Waals surface area contributed by atoms with Gasteiger partial charge in [-0.3, -0.25) is 0 Å². The molecule has 0 aliphatic rings. The molecule has 6 nitrogen and oxygen atoms in total. The molecule has 86 valence electrons. The van der Waals surface area contributed by atoms with Crippen molar-refractivity contribution >= 4 is 20.2 Å². The molecule has 0 bridgehead atoms. The average molecular weight is 274 g/mol. The van der Waals surface area contributed by atoms with Crippen LogP contribution in [-0.2, 0) is 20.2 Å². The molecule has 0 radical (unpaired) electrons. The van der Waals surface area contributed by atoms with Gasteiger partial charge in [0.15, 0.2) is 20.2 Å². The fraction of sp³-hybridized carbons (Fsp3) is 1.00. The zero-order valence-corrected chi connectivity index (χ0v) is 9.41. The summed E-state index contributed by atoms with van der Waals surface area (Å²) in [6.07, 6.45) is 0. The van der Waals surface area contributed by atoms with E-state index in [0.717, 1.165) is 0 Å². The fourth-order valence-electron chi connectivity index (χ4n) is 0.291. The zero-order chi connectivity index (χ0) is 12.0. The van der Waals surface area contributed by atoms with Gasteiger partial charge in [0, 0.05) is 0 Å². The van der Waals surface area contributed by atoms with E-state index in [1.807, 2.05) is 0 Å². The van der Waals surface area contributed by atoms with Gasteiger partial charge in [0.1, 0.15) is 0 Å². The molecule has 0 amide bonds. The maximum absolute atomic E-state index is 12.0. The van der Waals surface area contributed by atoms with Gasteiger partial charge in [-0.05, 0) is 0 Å². The number of hydrogen-bond acceptors (Lipinski definition) is 6. The van der Waals surface area contributed by atoms with Crippen molar-refractivity contribution in [3.63, 3.8) is 0 Å². The van der Waals surface area contributed by atoms with Gasteiger partial charge in [-0.25, -0.2) is 16.8 Å². The largest absolute Gasteiger partial charge is 1.00 e. The van der Waals surface area contributed by atoms with Crippen molar-refractivity contribution in [1.82, 2.24) is 0 Å². The van der Waals surface area contributed by atoms with Crippen molar-refractivity contribution in [2.75, 3.05) is 0 Å². The average Bonchev–Trinajstić information content (AvgIpc) is 1.81. The van der Waals surface area contributed by atoms with Crippen LogP contribution in [0.25, 0.3) is 0 Å². The van der Waals surface area contributed by atoms with Gasteiger partial charge < -0.3 is 9.11 Å². The van der Waals surface area contributed by atoms with Crippen LogP contribution in [-0.4, -0.2) is 36.5 Å². The summed E-state index contributed by atoms with van der Waals surface area (Å²) in [6.45, 7) is 0. The Labute approximate surface area is 112 Å². The van der Waals surface area contributed by atoms with Crippen LogP contribution in [0.5, 0.6) is 0 Å². The van der Waals surface area contributed by atoms with Gasteiger partial charge in [-0.2, -0.15) is 17.6 Å². The Morgan fingerprint density at radius 2 is 0.812 bits per heavy atom. The van der Waals surface area contributed by atoms with Crippen LogP contribution < -0.4 is 37.7 Å². The molecular formula is C2F4Li2O6S2. The second-order valence-electron chi connectivity index (χ2n) is 1.94. The molecule has 14 heteroatoms. The van der Waals surface area contributed by atoms with Crippen molar-refractivity contribution in [3.05, 3.63) is 0 Å². The molecule has 0 saturated heterocycles. The molecule has 0 unspecified atom stereocenters. The first kappa shape index (κ1) is 22.0. The van der Waals surface area contributed by atoms with E-state index in [1.165, 1.54) is 0 Å². The van der Waals surface area contributed by atoms with E-state index in [1.54, 1.807) is 0 Å². The summed E-state index contributed by atoms with van der Waals surface area (Å²) in [4.78, 5) is 0. The predicted octanol–water partition coefficient (Wildman–Crippen LogP) is -6.73. The van der Waals surface area contributed by atoms with Crippen LogP contribution in [0.4, 0.5) is 17.6 Å². The molecule has 0 atom stereocenters. The van der Waals surface area contributed by atoms with E-state index in [4.69, 9.17) is 0 Å². The molecule has 0 aliphatic carbocycles. The topological polar surface area (TPSA) is 114 Å². The van der Waals surface area contributed by atoms with Gasteiger partial charge in [-0.15, -0.1) is 0 Å². The Morgan fingerprint density at radius 3 is 0.875 bits per heavy atom.